The molecule has 0 saturated heterocycles. The van der Waals surface area contributed by atoms with Crippen molar-refractivity contribution in [2.45, 2.75) is 27.2 Å². The fourth-order valence-corrected chi connectivity index (χ4v) is 0.810. The highest BCUT2D eigenvalue weighted by atomic mass is 16.5. The first kappa shape index (κ1) is 15.1. The number of hydrogen-bond donors (Lipinski definition) is 1. The van der Waals surface area contributed by atoms with Crippen LogP contribution in [0.5, 0.6) is 0 Å². The third-order valence-electron chi connectivity index (χ3n) is 1.53. The quantitative estimate of drug-likeness (QED) is 0.307. The maximum Gasteiger partial charge on any atom is 0.354 e. The minimum atomic E-state index is -0.646. The van der Waals surface area contributed by atoms with Crippen molar-refractivity contribution in [3.05, 3.63) is 0 Å². The van der Waals surface area contributed by atoms with Crippen LogP contribution in [-0.4, -0.2) is 36.8 Å². The lowest BCUT2D eigenvalue weighted by Crippen LogP contribution is -2.25. The molecule has 0 rings (SSSR count). The van der Waals surface area contributed by atoms with Crippen LogP contribution in [-0.2, 0) is 23.9 Å². The van der Waals surface area contributed by atoms with Gasteiger partial charge in [0.1, 0.15) is 12.1 Å². The third-order valence-corrected chi connectivity index (χ3v) is 1.53. The second kappa shape index (κ2) is 8.26. The molecule has 0 saturated carbocycles. The summed E-state index contributed by atoms with van der Waals surface area (Å²) in [6.07, 6.45) is -0.437. The molecule has 0 radical (unpaired) electrons. The molecule has 0 aliphatic carbocycles. The molecule has 17 heavy (non-hydrogen) atoms. The maximum atomic E-state index is 11.1. The van der Waals surface area contributed by atoms with Crippen LogP contribution < -0.4 is 5.43 Å². The summed E-state index contributed by atoms with van der Waals surface area (Å²) < 4.78 is 9.21. The molecule has 0 aromatic rings. The topological polar surface area (TPSA) is 94.1 Å². The Labute approximate surface area is 99.2 Å². The summed E-state index contributed by atoms with van der Waals surface area (Å²) in [7, 11) is 0. The fraction of sp³-hybridized carbons (Fsp3) is 0.600. The number of carbonyl (C=O) groups excluding carboxylic acids is 3. The van der Waals surface area contributed by atoms with Gasteiger partial charge in [-0.2, -0.15) is 5.10 Å². The van der Waals surface area contributed by atoms with Crippen LogP contribution in [0.2, 0.25) is 0 Å². The molecule has 0 unspecified atom stereocenters. The van der Waals surface area contributed by atoms with Crippen molar-refractivity contribution in [2.75, 3.05) is 13.2 Å². The van der Waals surface area contributed by atoms with E-state index in [-0.39, 0.29) is 18.9 Å². The monoisotopic (exact) mass is 244 g/mol. The molecule has 0 spiro atoms. The van der Waals surface area contributed by atoms with Crippen molar-refractivity contribution >= 4 is 23.6 Å². The van der Waals surface area contributed by atoms with Gasteiger partial charge in [-0.15, -0.1) is 0 Å². The van der Waals surface area contributed by atoms with Crippen molar-refractivity contribution in [1.29, 1.82) is 0 Å². The number of amides is 1. The molecule has 0 aliphatic rings. The number of carbonyl (C=O) groups is 3. The van der Waals surface area contributed by atoms with Gasteiger partial charge in [0.15, 0.2) is 0 Å². The van der Waals surface area contributed by atoms with Gasteiger partial charge in [-0.3, -0.25) is 9.59 Å². The average Bonchev–Trinajstić information content (AvgIpc) is 2.26. The zero-order valence-corrected chi connectivity index (χ0v) is 10.1. The summed E-state index contributed by atoms with van der Waals surface area (Å²) >= 11 is 0. The fourth-order valence-electron chi connectivity index (χ4n) is 0.810. The maximum absolute atomic E-state index is 11.1. The molecule has 0 aromatic heterocycles. The molecular formula is C10H16N2O5. The van der Waals surface area contributed by atoms with E-state index in [1.807, 2.05) is 0 Å². The molecular weight excluding hydrogens is 228 g/mol. The van der Waals surface area contributed by atoms with E-state index in [1.165, 1.54) is 6.92 Å². The Kier molecular flexibility index (Phi) is 7.32. The molecule has 0 aliphatic heterocycles. The van der Waals surface area contributed by atoms with Gasteiger partial charge < -0.3 is 9.47 Å². The molecule has 0 atom stereocenters. The van der Waals surface area contributed by atoms with Crippen LogP contribution in [0, 0.1) is 0 Å². The molecule has 0 bridgehead atoms. The lowest BCUT2D eigenvalue weighted by Gasteiger charge is -2.02. The number of ether oxygens (including phenoxy) is 2. The van der Waals surface area contributed by atoms with Gasteiger partial charge in [-0.1, -0.05) is 0 Å². The van der Waals surface area contributed by atoms with Crippen molar-refractivity contribution in [3.8, 4) is 0 Å². The van der Waals surface area contributed by atoms with Gasteiger partial charge in [0.25, 0.3) is 5.91 Å². The summed E-state index contributed by atoms with van der Waals surface area (Å²) in [6, 6.07) is 0. The van der Waals surface area contributed by atoms with Gasteiger partial charge in [-0.05, 0) is 20.8 Å². The highest BCUT2D eigenvalue weighted by Crippen LogP contribution is 1.88. The van der Waals surface area contributed by atoms with Crippen molar-refractivity contribution in [3.63, 3.8) is 0 Å². The molecule has 1 N–H and O–H groups in total. The Bertz CT molecular complexity index is 325. The van der Waals surface area contributed by atoms with Gasteiger partial charge in [-0.25, -0.2) is 10.2 Å². The molecule has 96 valence electrons. The Balaban J connectivity index is 4.09. The van der Waals surface area contributed by atoms with E-state index in [4.69, 9.17) is 0 Å². The first-order valence-electron chi connectivity index (χ1n) is 5.17. The predicted molar refractivity (Wildman–Crippen MR) is 59.1 cm³/mol. The molecule has 0 heterocycles. The minimum Gasteiger partial charge on any atom is -0.466 e. The Morgan fingerprint density at radius 3 is 2.24 bits per heavy atom. The van der Waals surface area contributed by atoms with Crippen molar-refractivity contribution in [1.82, 2.24) is 5.43 Å². The number of hydrogen-bond acceptors (Lipinski definition) is 6. The van der Waals surface area contributed by atoms with E-state index in [9.17, 15) is 14.4 Å². The Hall–Kier alpha value is -1.92. The van der Waals surface area contributed by atoms with Crippen LogP contribution >= 0.6 is 0 Å². The predicted octanol–water partition coefficient (Wildman–Crippen LogP) is -0.00520. The summed E-state index contributed by atoms with van der Waals surface area (Å²) in [4.78, 5) is 33.1. The first-order chi connectivity index (χ1) is 8.01. The van der Waals surface area contributed by atoms with E-state index >= 15 is 0 Å². The van der Waals surface area contributed by atoms with Gasteiger partial charge in [0, 0.05) is 0 Å². The van der Waals surface area contributed by atoms with Crippen LogP contribution in [0.1, 0.15) is 27.2 Å². The van der Waals surface area contributed by atoms with Crippen molar-refractivity contribution in [2.24, 2.45) is 5.10 Å². The van der Waals surface area contributed by atoms with Gasteiger partial charge in [0.2, 0.25) is 0 Å². The highest BCUT2D eigenvalue weighted by Gasteiger charge is 2.11. The standard InChI is InChI=1S/C10H16N2O5/c1-4-16-9(14)6-8(13)12-11-7(3)10(15)17-5-2/h4-6H2,1-3H3,(H,12,13)/b11-7+. The van der Waals surface area contributed by atoms with E-state index in [0.717, 1.165) is 0 Å². The van der Waals surface area contributed by atoms with Crippen LogP contribution in [0.3, 0.4) is 0 Å². The molecule has 0 fully saturated rings. The second-order valence-corrected chi connectivity index (χ2v) is 2.93. The smallest absolute Gasteiger partial charge is 0.354 e. The van der Waals surface area contributed by atoms with Crippen molar-refractivity contribution < 1.29 is 23.9 Å². The number of nitrogens with zero attached hydrogens (tertiary/aromatic N) is 1. The molecule has 1 amide bonds. The van der Waals surface area contributed by atoms with Crippen LogP contribution in [0.25, 0.3) is 0 Å². The second-order valence-electron chi connectivity index (χ2n) is 2.93. The SMILES string of the molecule is CCOC(=O)CC(=O)N/N=C(\C)C(=O)OCC. The molecule has 7 nitrogen and oxygen atoms in total. The summed E-state index contributed by atoms with van der Waals surface area (Å²) in [5.74, 6) is -1.91. The van der Waals surface area contributed by atoms with Gasteiger partial charge in [0.05, 0.1) is 13.2 Å². The number of nitrogens with one attached hydrogen (secondary N) is 1. The summed E-state index contributed by atoms with van der Waals surface area (Å²) in [6.45, 7) is 5.12. The van der Waals surface area contributed by atoms with Gasteiger partial charge >= 0.3 is 11.9 Å². The first-order valence-corrected chi connectivity index (χ1v) is 5.17. The minimum absolute atomic E-state index is 0.00376. The average molecular weight is 244 g/mol. The van der Waals surface area contributed by atoms with E-state index in [2.05, 4.69) is 20.0 Å². The number of rotatable bonds is 6. The zero-order valence-electron chi connectivity index (χ0n) is 10.1. The molecule has 0 aromatic carbocycles. The Morgan fingerprint density at radius 1 is 1.12 bits per heavy atom. The van der Waals surface area contributed by atoms with Crippen LogP contribution in [0.15, 0.2) is 5.10 Å². The number of hydrazone groups is 1. The Morgan fingerprint density at radius 2 is 1.71 bits per heavy atom. The molecule has 7 heteroatoms. The zero-order chi connectivity index (χ0) is 13.3. The van der Waals surface area contributed by atoms with E-state index in [1.54, 1.807) is 13.8 Å². The lowest BCUT2D eigenvalue weighted by molar-refractivity contribution is -0.146. The largest absolute Gasteiger partial charge is 0.466 e. The normalized spacial score (nSPS) is 10.6. The highest BCUT2D eigenvalue weighted by molar-refractivity contribution is 6.35. The lowest BCUT2D eigenvalue weighted by atomic mass is 10.4. The summed E-state index contributed by atoms with van der Waals surface area (Å²) in [5.41, 5.74) is 2.06. The third kappa shape index (κ3) is 7.04. The van der Waals surface area contributed by atoms with E-state index in [0.29, 0.717) is 0 Å². The van der Waals surface area contributed by atoms with Crippen LogP contribution in [0.4, 0.5) is 0 Å². The van der Waals surface area contributed by atoms with E-state index < -0.39 is 24.3 Å². The number of esters is 2. The summed E-state index contributed by atoms with van der Waals surface area (Å²) in [5, 5.41) is 3.49.